The Hall–Kier alpha value is -2.03. The number of rotatable bonds is 8. The molecule has 2 N–H and O–H groups in total. The summed E-state index contributed by atoms with van der Waals surface area (Å²) in [5.74, 6) is -0.891. The molecule has 1 fully saturated rings. The van der Waals surface area contributed by atoms with Gasteiger partial charge in [-0.15, -0.1) is 0 Å². The number of ether oxygens (including phenoxy) is 1. The van der Waals surface area contributed by atoms with Crippen LogP contribution in [0.2, 0.25) is 0 Å². The van der Waals surface area contributed by atoms with Gasteiger partial charge in [-0.2, -0.15) is 0 Å². The summed E-state index contributed by atoms with van der Waals surface area (Å²) in [4.78, 5) is 13.8. The van der Waals surface area contributed by atoms with E-state index in [9.17, 15) is 13.6 Å². The predicted molar refractivity (Wildman–Crippen MR) is 110 cm³/mol. The molecule has 0 spiro atoms. The SMILES string of the molecule is CN(CCCC1CC(c2ccc(F)cc2)NN1)C(=O)COc1ccc(Br)cc1F. The summed E-state index contributed by atoms with van der Waals surface area (Å²) in [7, 11) is 1.71. The second-order valence-corrected chi connectivity index (χ2v) is 8.06. The van der Waals surface area contributed by atoms with E-state index in [0.717, 1.165) is 24.8 Å². The molecule has 0 bridgehead atoms. The van der Waals surface area contributed by atoms with Crippen LogP contribution in [-0.2, 0) is 4.79 Å². The highest BCUT2D eigenvalue weighted by Gasteiger charge is 2.24. The summed E-state index contributed by atoms with van der Waals surface area (Å²) < 4.78 is 32.7. The molecule has 2 atom stereocenters. The Labute approximate surface area is 177 Å². The third-order valence-corrected chi connectivity index (χ3v) is 5.46. The van der Waals surface area contributed by atoms with Crippen LogP contribution in [0.25, 0.3) is 0 Å². The van der Waals surface area contributed by atoms with Crippen LogP contribution in [-0.4, -0.2) is 37.0 Å². The molecule has 29 heavy (non-hydrogen) atoms. The van der Waals surface area contributed by atoms with Gasteiger partial charge in [0.2, 0.25) is 0 Å². The summed E-state index contributed by atoms with van der Waals surface area (Å²) >= 11 is 3.18. The highest BCUT2D eigenvalue weighted by molar-refractivity contribution is 9.10. The second kappa shape index (κ2) is 10.1. The van der Waals surface area contributed by atoms with Crippen molar-refractivity contribution in [1.82, 2.24) is 15.8 Å². The summed E-state index contributed by atoms with van der Waals surface area (Å²) in [6.45, 7) is 0.384. The van der Waals surface area contributed by atoms with E-state index in [1.165, 1.54) is 24.3 Å². The van der Waals surface area contributed by atoms with E-state index in [1.807, 2.05) is 0 Å². The summed E-state index contributed by atoms with van der Waals surface area (Å²) in [5, 5.41) is 0. The number of carbonyl (C=O) groups excluding carboxylic acids is 1. The molecule has 156 valence electrons. The molecule has 1 saturated heterocycles. The lowest BCUT2D eigenvalue weighted by molar-refractivity contribution is -0.132. The molecule has 0 aliphatic carbocycles. The molecular formula is C21H24BrF2N3O2. The standard InChI is InChI=1S/C21H24BrF2N3O2/c1-27(21(28)13-29-20-9-6-15(22)11-18(20)24)10-2-3-17-12-19(26-25-17)14-4-7-16(23)8-5-14/h4-9,11,17,19,25-26H,2-3,10,12-13H2,1H3. The van der Waals surface area contributed by atoms with Crippen LogP contribution in [0, 0.1) is 11.6 Å². The summed E-state index contributed by atoms with van der Waals surface area (Å²) in [5.41, 5.74) is 7.55. The van der Waals surface area contributed by atoms with Crippen molar-refractivity contribution in [3.05, 3.63) is 64.1 Å². The molecule has 1 aliphatic heterocycles. The number of hydrogen-bond acceptors (Lipinski definition) is 4. The van der Waals surface area contributed by atoms with Crippen molar-refractivity contribution in [3.8, 4) is 5.75 Å². The third-order valence-electron chi connectivity index (χ3n) is 4.97. The Morgan fingerprint density at radius 1 is 1.21 bits per heavy atom. The van der Waals surface area contributed by atoms with Crippen LogP contribution in [0.5, 0.6) is 5.75 Å². The zero-order chi connectivity index (χ0) is 20.8. The fraction of sp³-hybridized carbons (Fsp3) is 0.381. The normalized spacial score (nSPS) is 18.6. The minimum atomic E-state index is -0.509. The van der Waals surface area contributed by atoms with E-state index in [4.69, 9.17) is 4.74 Å². The molecule has 3 rings (SSSR count). The zero-order valence-corrected chi connectivity index (χ0v) is 17.7. The quantitative estimate of drug-likeness (QED) is 0.616. The van der Waals surface area contributed by atoms with Crippen LogP contribution in [0.4, 0.5) is 8.78 Å². The predicted octanol–water partition coefficient (Wildman–Crippen LogP) is 3.95. The molecule has 5 nitrogen and oxygen atoms in total. The van der Waals surface area contributed by atoms with Gasteiger partial charge in [-0.1, -0.05) is 28.1 Å². The van der Waals surface area contributed by atoms with E-state index in [1.54, 1.807) is 30.1 Å². The fourth-order valence-corrected chi connectivity index (χ4v) is 3.60. The van der Waals surface area contributed by atoms with Crippen LogP contribution < -0.4 is 15.6 Å². The Kier molecular flexibility index (Phi) is 7.57. The van der Waals surface area contributed by atoms with Gasteiger partial charge in [0, 0.05) is 30.1 Å². The third kappa shape index (κ3) is 6.22. The highest BCUT2D eigenvalue weighted by Crippen LogP contribution is 2.24. The molecule has 1 amide bonds. The first kappa shape index (κ1) is 21.7. The average Bonchev–Trinajstić information content (AvgIpc) is 3.16. The van der Waals surface area contributed by atoms with Gasteiger partial charge in [0.1, 0.15) is 5.82 Å². The molecular weight excluding hydrogens is 444 g/mol. The monoisotopic (exact) mass is 467 g/mol. The average molecular weight is 468 g/mol. The first-order valence-electron chi connectivity index (χ1n) is 9.50. The lowest BCUT2D eigenvalue weighted by Gasteiger charge is -2.18. The number of likely N-dealkylation sites (N-methyl/N-ethyl adjacent to an activating group) is 1. The lowest BCUT2D eigenvalue weighted by atomic mass is 9.99. The van der Waals surface area contributed by atoms with E-state index in [0.29, 0.717) is 11.0 Å². The van der Waals surface area contributed by atoms with Crippen molar-refractivity contribution in [1.29, 1.82) is 0 Å². The topological polar surface area (TPSA) is 53.6 Å². The van der Waals surface area contributed by atoms with Crippen molar-refractivity contribution >= 4 is 21.8 Å². The minimum Gasteiger partial charge on any atom is -0.481 e. The molecule has 0 aromatic heterocycles. The lowest BCUT2D eigenvalue weighted by Crippen LogP contribution is -2.34. The zero-order valence-electron chi connectivity index (χ0n) is 16.1. The smallest absolute Gasteiger partial charge is 0.260 e. The highest BCUT2D eigenvalue weighted by atomic mass is 79.9. The Morgan fingerprint density at radius 2 is 1.97 bits per heavy atom. The van der Waals surface area contributed by atoms with Crippen LogP contribution in [0.15, 0.2) is 46.9 Å². The molecule has 8 heteroatoms. The number of carbonyl (C=O) groups is 1. The van der Waals surface area contributed by atoms with E-state index in [-0.39, 0.29) is 36.2 Å². The largest absolute Gasteiger partial charge is 0.481 e. The van der Waals surface area contributed by atoms with E-state index < -0.39 is 5.82 Å². The van der Waals surface area contributed by atoms with Gasteiger partial charge >= 0.3 is 0 Å². The maximum Gasteiger partial charge on any atom is 0.260 e. The number of halogens is 3. The molecule has 2 unspecified atom stereocenters. The van der Waals surface area contributed by atoms with Gasteiger partial charge in [0.25, 0.3) is 5.91 Å². The molecule has 0 saturated carbocycles. The molecule has 2 aromatic carbocycles. The van der Waals surface area contributed by atoms with Crippen molar-refractivity contribution in [2.24, 2.45) is 0 Å². The Morgan fingerprint density at radius 3 is 2.69 bits per heavy atom. The van der Waals surface area contributed by atoms with Gasteiger partial charge in [0.05, 0.1) is 0 Å². The Bertz CT molecular complexity index is 835. The first-order valence-corrected chi connectivity index (χ1v) is 10.3. The number of hydrazine groups is 1. The van der Waals surface area contributed by atoms with Crippen molar-refractivity contribution in [2.75, 3.05) is 20.2 Å². The summed E-state index contributed by atoms with van der Waals surface area (Å²) in [6, 6.07) is 11.4. The first-order chi connectivity index (χ1) is 13.9. The van der Waals surface area contributed by atoms with Gasteiger partial charge in [-0.25, -0.2) is 8.78 Å². The minimum absolute atomic E-state index is 0.0583. The Balaban J connectivity index is 1.36. The molecule has 0 radical (unpaired) electrons. The second-order valence-electron chi connectivity index (χ2n) is 7.15. The van der Waals surface area contributed by atoms with Crippen LogP contribution in [0.3, 0.4) is 0 Å². The van der Waals surface area contributed by atoms with E-state index >= 15 is 0 Å². The number of hydrogen-bond donors (Lipinski definition) is 2. The van der Waals surface area contributed by atoms with Crippen molar-refractivity contribution in [2.45, 2.75) is 31.3 Å². The molecule has 2 aromatic rings. The maximum atomic E-state index is 13.7. The van der Waals surface area contributed by atoms with Crippen LogP contribution in [0.1, 0.15) is 30.9 Å². The van der Waals surface area contributed by atoms with E-state index in [2.05, 4.69) is 26.8 Å². The van der Waals surface area contributed by atoms with Gasteiger partial charge < -0.3 is 9.64 Å². The van der Waals surface area contributed by atoms with Gasteiger partial charge in [-0.05, 0) is 55.2 Å². The van der Waals surface area contributed by atoms with Gasteiger partial charge in [-0.3, -0.25) is 15.6 Å². The number of nitrogens with one attached hydrogen (secondary N) is 2. The number of amides is 1. The molecule has 1 heterocycles. The fourth-order valence-electron chi connectivity index (χ4n) is 3.27. The van der Waals surface area contributed by atoms with Crippen molar-refractivity contribution in [3.63, 3.8) is 0 Å². The number of nitrogens with zero attached hydrogens (tertiary/aromatic N) is 1. The molecule has 1 aliphatic rings. The van der Waals surface area contributed by atoms with Crippen molar-refractivity contribution < 1.29 is 18.3 Å². The number of benzene rings is 2. The van der Waals surface area contributed by atoms with Gasteiger partial charge in [0.15, 0.2) is 18.2 Å². The van der Waals surface area contributed by atoms with Crippen LogP contribution >= 0.6 is 15.9 Å². The maximum absolute atomic E-state index is 13.7. The summed E-state index contributed by atoms with van der Waals surface area (Å²) in [6.07, 6.45) is 2.62.